The average molecular weight is 282 g/mol. The molecular formula is C16H14N2O3. The first-order valence-corrected chi connectivity index (χ1v) is 6.35. The number of anilines is 1. The standard InChI is InChI=1S/C16H14N2O3/c1-12(10-13-6-3-2-4-7-13)16(19)17-14-8-5-9-15(11-14)18(20)21/h2-11H,1H3,(H,17,19)/b12-10+. The minimum Gasteiger partial charge on any atom is -0.322 e. The van der Waals surface area contributed by atoms with Gasteiger partial charge in [-0.05, 0) is 24.6 Å². The molecule has 0 atom stereocenters. The minimum atomic E-state index is -0.498. The summed E-state index contributed by atoms with van der Waals surface area (Å²) >= 11 is 0. The molecule has 0 aliphatic heterocycles. The van der Waals surface area contributed by atoms with Crippen molar-refractivity contribution in [1.82, 2.24) is 0 Å². The van der Waals surface area contributed by atoms with E-state index in [4.69, 9.17) is 0 Å². The molecule has 106 valence electrons. The lowest BCUT2D eigenvalue weighted by molar-refractivity contribution is -0.384. The number of hydrogen-bond acceptors (Lipinski definition) is 3. The number of hydrogen-bond donors (Lipinski definition) is 1. The van der Waals surface area contributed by atoms with Gasteiger partial charge >= 0.3 is 0 Å². The quantitative estimate of drug-likeness (QED) is 0.528. The van der Waals surface area contributed by atoms with E-state index in [1.807, 2.05) is 30.3 Å². The molecule has 0 saturated carbocycles. The Kier molecular flexibility index (Phi) is 4.46. The van der Waals surface area contributed by atoms with Crippen molar-refractivity contribution in [3.63, 3.8) is 0 Å². The van der Waals surface area contributed by atoms with Crippen molar-refractivity contribution in [3.8, 4) is 0 Å². The lowest BCUT2D eigenvalue weighted by Gasteiger charge is -2.05. The highest BCUT2D eigenvalue weighted by molar-refractivity contribution is 6.06. The summed E-state index contributed by atoms with van der Waals surface area (Å²) in [6.45, 7) is 1.69. The fraction of sp³-hybridized carbons (Fsp3) is 0.0625. The summed E-state index contributed by atoms with van der Waals surface area (Å²) in [4.78, 5) is 22.2. The molecule has 21 heavy (non-hydrogen) atoms. The highest BCUT2D eigenvalue weighted by atomic mass is 16.6. The van der Waals surface area contributed by atoms with E-state index in [9.17, 15) is 14.9 Å². The van der Waals surface area contributed by atoms with Crippen LogP contribution in [0.4, 0.5) is 11.4 Å². The zero-order valence-electron chi connectivity index (χ0n) is 11.4. The molecule has 0 spiro atoms. The normalized spacial score (nSPS) is 11.0. The van der Waals surface area contributed by atoms with E-state index in [1.54, 1.807) is 19.1 Å². The number of non-ortho nitro benzene ring substituents is 1. The third-order valence-electron chi connectivity index (χ3n) is 2.86. The summed E-state index contributed by atoms with van der Waals surface area (Å²) in [7, 11) is 0. The van der Waals surface area contributed by atoms with Crippen molar-refractivity contribution in [3.05, 3.63) is 75.8 Å². The fourth-order valence-corrected chi connectivity index (χ4v) is 1.79. The molecule has 2 aromatic rings. The summed E-state index contributed by atoms with van der Waals surface area (Å²) in [5.74, 6) is -0.292. The number of rotatable bonds is 4. The van der Waals surface area contributed by atoms with Gasteiger partial charge in [0.15, 0.2) is 0 Å². The zero-order valence-corrected chi connectivity index (χ0v) is 11.4. The Morgan fingerprint density at radius 3 is 2.52 bits per heavy atom. The van der Waals surface area contributed by atoms with Crippen LogP contribution in [0.5, 0.6) is 0 Å². The maximum atomic E-state index is 12.0. The van der Waals surface area contributed by atoms with E-state index in [1.165, 1.54) is 18.2 Å². The molecule has 2 rings (SSSR count). The SMILES string of the molecule is C/C(=C\c1ccccc1)C(=O)Nc1cccc([N+](=O)[O-])c1. The fourth-order valence-electron chi connectivity index (χ4n) is 1.79. The number of nitro groups is 1. The third kappa shape index (κ3) is 4.01. The molecule has 0 unspecified atom stereocenters. The Morgan fingerprint density at radius 2 is 1.86 bits per heavy atom. The first kappa shape index (κ1) is 14.5. The second-order valence-electron chi connectivity index (χ2n) is 4.50. The molecular weight excluding hydrogens is 268 g/mol. The smallest absolute Gasteiger partial charge is 0.271 e. The van der Waals surface area contributed by atoms with E-state index in [-0.39, 0.29) is 11.6 Å². The van der Waals surface area contributed by atoms with Gasteiger partial charge in [0.1, 0.15) is 0 Å². The van der Waals surface area contributed by atoms with Gasteiger partial charge in [-0.25, -0.2) is 0 Å². The maximum Gasteiger partial charge on any atom is 0.271 e. The van der Waals surface area contributed by atoms with Gasteiger partial charge in [0.05, 0.1) is 4.92 Å². The van der Waals surface area contributed by atoms with Gasteiger partial charge in [0.2, 0.25) is 0 Å². The number of amides is 1. The molecule has 0 aliphatic rings. The summed E-state index contributed by atoms with van der Waals surface area (Å²) in [5, 5.41) is 13.3. The van der Waals surface area contributed by atoms with Crippen molar-refractivity contribution >= 4 is 23.4 Å². The van der Waals surface area contributed by atoms with Crippen molar-refractivity contribution in [2.24, 2.45) is 0 Å². The molecule has 0 radical (unpaired) electrons. The van der Waals surface area contributed by atoms with Crippen LogP contribution < -0.4 is 5.32 Å². The van der Waals surface area contributed by atoms with Gasteiger partial charge in [0.25, 0.3) is 11.6 Å². The van der Waals surface area contributed by atoms with Crippen LogP contribution in [0, 0.1) is 10.1 Å². The van der Waals surface area contributed by atoms with Gasteiger partial charge in [-0.3, -0.25) is 14.9 Å². The molecule has 1 amide bonds. The van der Waals surface area contributed by atoms with Crippen LogP contribution in [0.2, 0.25) is 0 Å². The third-order valence-corrected chi connectivity index (χ3v) is 2.86. The van der Waals surface area contributed by atoms with E-state index < -0.39 is 4.92 Å². The number of carbonyl (C=O) groups is 1. The van der Waals surface area contributed by atoms with E-state index in [0.717, 1.165) is 5.56 Å². The molecule has 0 saturated heterocycles. The molecule has 0 bridgehead atoms. The monoisotopic (exact) mass is 282 g/mol. The Morgan fingerprint density at radius 1 is 1.14 bits per heavy atom. The number of benzene rings is 2. The summed E-state index contributed by atoms with van der Waals surface area (Å²) in [6.07, 6.45) is 1.76. The van der Waals surface area contributed by atoms with Crippen LogP contribution in [-0.4, -0.2) is 10.8 Å². The molecule has 0 heterocycles. The van der Waals surface area contributed by atoms with E-state index in [0.29, 0.717) is 11.3 Å². The summed E-state index contributed by atoms with van der Waals surface area (Å²) in [5.41, 5.74) is 1.78. The lowest BCUT2D eigenvalue weighted by atomic mass is 10.1. The zero-order chi connectivity index (χ0) is 15.2. The van der Waals surface area contributed by atoms with Gasteiger partial charge in [-0.2, -0.15) is 0 Å². The van der Waals surface area contributed by atoms with Gasteiger partial charge in [0, 0.05) is 23.4 Å². The van der Waals surface area contributed by atoms with Crippen LogP contribution >= 0.6 is 0 Å². The molecule has 5 heteroatoms. The average Bonchev–Trinajstić information content (AvgIpc) is 2.48. The molecule has 0 fully saturated rings. The molecule has 0 aromatic heterocycles. The number of nitro benzene ring substituents is 1. The van der Waals surface area contributed by atoms with E-state index in [2.05, 4.69) is 5.32 Å². The molecule has 5 nitrogen and oxygen atoms in total. The Labute approximate surface area is 122 Å². The molecule has 1 N–H and O–H groups in total. The molecule has 2 aromatic carbocycles. The van der Waals surface area contributed by atoms with Crippen LogP contribution in [0.1, 0.15) is 12.5 Å². The van der Waals surface area contributed by atoms with Crippen molar-refractivity contribution in [2.75, 3.05) is 5.32 Å². The Bertz CT molecular complexity index is 694. The van der Waals surface area contributed by atoms with Crippen molar-refractivity contribution in [2.45, 2.75) is 6.92 Å². The largest absolute Gasteiger partial charge is 0.322 e. The maximum absolute atomic E-state index is 12.0. The summed E-state index contributed by atoms with van der Waals surface area (Å²) < 4.78 is 0. The first-order valence-electron chi connectivity index (χ1n) is 6.35. The minimum absolute atomic E-state index is 0.0579. The second kappa shape index (κ2) is 6.47. The van der Waals surface area contributed by atoms with Crippen LogP contribution in [-0.2, 0) is 4.79 Å². The predicted octanol–water partition coefficient (Wildman–Crippen LogP) is 3.64. The lowest BCUT2D eigenvalue weighted by Crippen LogP contribution is -2.12. The van der Waals surface area contributed by atoms with E-state index >= 15 is 0 Å². The highest BCUT2D eigenvalue weighted by Gasteiger charge is 2.09. The van der Waals surface area contributed by atoms with Gasteiger partial charge in [-0.15, -0.1) is 0 Å². The second-order valence-corrected chi connectivity index (χ2v) is 4.50. The van der Waals surface area contributed by atoms with Crippen LogP contribution in [0.3, 0.4) is 0 Å². The topological polar surface area (TPSA) is 72.2 Å². The van der Waals surface area contributed by atoms with Gasteiger partial charge < -0.3 is 5.32 Å². The first-order chi connectivity index (χ1) is 10.1. The predicted molar refractivity (Wildman–Crippen MR) is 81.8 cm³/mol. The number of nitrogens with zero attached hydrogens (tertiary/aromatic N) is 1. The highest BCUT2D eigenvalue weighted by Crippen LogP contribution is 2.18. The van der Waals surface area contributed by atoms with Gasteiger partial charge in [-0.1, -0.05) is 36.4 Å². The Balaban J connectivity index is 2.12. The number of nitrogens with one attached hydrogen (secondary N) is 1. The molecule has 0 aliphatic carbocycles. The number of carbonyl (C=O) groups excluding carboxylic acids is 1. The van der Waals surface area contributed by atoms with Crippen LogP contribution in [0.15, 0.2) is 60.2 Å². The van der Waals surface area contributed by atoms with Crippen LogP contribution in [0.25, 0.3) is 6.08 Å². The van der Waals surface area contributed by atoms with Crippen molar-refractivity contribution < 1.29 is 9.72 Å². The van der Waals surface area contributed by atoms with Crippen molar-refractivity contribution in [1.29, 1.82) is 0 Å². The Hall–Kier alpha value is -2.95. The summed E-state index contributed by atoms with van der Waals surface area (Å²) in [6, 6.07) is 15.3.